The predicted octanol–water partition coefficient (Wildman–Crippen LogP) is 4.36. The minimum Gasteiger partial charge on any atom is -0.384 e. The van der Waals surface area contributed by atoms with E-state index in [2.05, 4.69) is 54.3 Å². The fraction of sp³-hybridized carbons (Fsp3) is 0.0476. The molecule has 1 nitrogen and oxygen atoms in total. The number of benzene rings is 3. The number of aliphatic hydroxyl groups is 1. The van der Waals surface area contributed by atoms with E-state index in [9.17, 15) is 0 Å². The van der Waals surface area contributed by atoms with Gasteiger partial charge in [0.2, 0.25) is 0 Å². The van der Waals surface area contributed by atoms with Crippen molar-refractivity contribution in [2.24, 2.45) is 0 Å². The molecule has 1 heteroatoms. The first-order valence-corrected chi connectivity index (χ1v) is 7.23. The number of rotatable bonds is 2. The molecule has 0 heterocycles. The van der Waals surface area contributed by atoms with Crippen molar-refractivity contribution in [1.29, 1.82) is 0 Å². The van der Waals surface area contributed by atoms with Crippen LogP contribution in [-0.2, 0) is 0 Å². The topological polar surface area (TPSA) is 20.2 Å². The molecule has 3 aromatic carbocycles. The molecule has 106 valence electrons. The second kappa shape index (κ2) is 6.76. The lowest BCUT2D eigenvalue weighted by Crippen LogP contribution is -1.85. The Kier molecular flexibility index (Phi) is 4.34. The summed E-state index contributed by atoms with van der Waals surface area (Å²) in [7, 11) is 0. The Morgan fingerprint density at radius 3 is 1.95 bits per heavy atom. The van der Waals surface area contributed by atoms with Crippen molar-refractivity contribution >= 4 is 0 Å². The Morgan fingerprint density at radius 1 is 0.636 bits per heavy atom. The van der Waals surface area contributed by atoms with Crippen molar-refractivity contribution in [2.75, 3.05) is 6.61 Å². The first-order valence-electron chi connectivity index (χ1n) is 7.23. The third-order valence-electron chi connectivity index (χ3n) is 3.53. The molecule has 0 aromatic heterocycles. The fourth-order valence-electron chi connectivity index (χ4n) is 2.45. The molecule has 0 saturated heterocycles. The van der Waals surface area contributed by atoms with Crippen LogP contribution >= 0.6 is 0 Å². The SMILES string of the molecule is OCC#Cc1ccccc1-c1ccc(-c2ccccc2)cc1. The average molecular weight is 284 g/mol. The van der Waals surface area contributed by atoms with Crippen LogP contribution in [0.2, 0.25) is 0 Å². The van der Waals surface area contributed by atoms with Gasteiger partial charge in [0.1, 0.15) is 6.61 Å². The van der Waals surface area contributed by atoms with Crippen LogP contribution in [0.5, 0.6) is 0 Å². The van der Waals surface area contributed by atoms with Gasteiger partial charge >= 0.3 is 0 Å². The Balaban J connectivity index is 1.97. The van der Waals surface area contributed by atoms with Crippen LogP contribution in [0.25, 0.3) is 22.3 Å². The Bertz CT molecular complexity index is 806. The van der Waals surface area contributed by atoms with Gasteiger partial charge in [-0.05, 0) is 28.3 Å². The quantitative estimate of drug-likeness (QED) is 0.693. The summed E-state index contributed by atoms with van der Waals surface area (Å²) in [5.74, 6) is 5.73. The van der Waals surface area contributed by atoms with Crippen molar-refractivity contribution in [3.05, 3.63) is 84.4 Å². The standard InChI is InChI=1S/C21H16O/c22-16-6-10-19-9-4-5-11-21(19)20-14-12-18(13-15-20)17-7-2-1-3-8-17/h1-5,7-9,11-15,22H,16H2. The van der Waals surface area contributed by atoms with Gasteiger partial charge in [-0.25, -0.2) is 0 Å². The lowest BCUT2D eigenvalue weighted by atomic mass is 9.97. The summed E-state index contributed by atoms with van der Waals surface area (Å²) < 4.78 is 0. The molecule has 0 bridgehead atoms. The van der Waals surface area contributed by atoms with Crippen molar-refractivity contribution < 1.29 is 5.11 Å². The molecule has 0 amide bonds. The summed E-state index contributed by atoms with van der Waals surface area (Å²) in [5.41, 5.74) is 5.56. The van der Waals surface area contributed by atoms with Gasteiger partial charge in [0.15, 0.2) is 0 Å². The van der Waals surface area contributed by atoms with Gasteiger partial charge in [-0.1, -0.05) is 84.6 Å². The predicted molar refractivity (Wildman–Crippen MR) is 91.3 cm³/mol. The summed E-state index contributed by atoms with van der Waals surface area (Å²) in [5, 5.41) is 8.88. The minimum absolute atomic E-state index is 0.124. The van der Waals surface area contributed by atoms with E-state index in [1.54, 1.807) is 0 Å². The van der Waals surface area contributed by atoms with Gasteiger partial charge in [-0.3, -0.25) is 0 Å². The van der Waals surface area contributed by atoms with Gasteiger partial charge in [-0.2, -0.15) is 0 Å². The Morgan fingerprint density at radius 2 is 1.23 bits per heavy atom. The molecule has 0 unspecified atom stereocenters. The van der Waals surface area contributed by atoms with E-state index in [-0.39, 0.29) is 6.61 Å². The molecular formula is C21H16O. The third kappa shape index (κ3) is 3.09. The Hall–Kier alpha value is -2.82. The molecule has 0 fully saturated rings. The van der Waals surface area contributed by atoms with Crippen molar-refractivity contribution in [3.63, 3.8) is 0 Å². The van der Waals surface area contributed by atoms with Gasteiger partial charge < -0.3 is 5.11 Å². The summed E-state index contributed by atoms with van der Waals surface area (Å²) >= 11 is 0. The van der Waals surface area contributed by atoms with Crippen LogP contribution in [-0.4, -0.2) is 11.7 Å². The van der Waals surface area contributed by atoms with E-state index in [4.69, 9.17) is 5.11 Å². The van der Waals surface area contributed by atoms with Crippen LogP contribution in [0.4, 0.5) is 0 Å². The third-order valence-corrected chi connectivity index (χ3v) is 3.53. The Labute approximate surface area is 130 Å². The van der Waals surface area contributed by atoms with E-state index < -0.39 is 0 Å². The maximum Gasteiger partial charge on any atom is 0.104 e. The second-order valence-corrected chi connectivity index (χ2v) is 4.95. The molecule has 0 radical (unpaired) electrons. The minimum atomic E-state index is -0.124. The molecule has 3 rings (SSSR count). The van der Waals surface area contributed by atoms with E-state index in [0.717, 1.165) is 16.7 Å². The molecule has 1 N–H and O–H groups in total. The fourth-order valence-corrected chi connectivity index (χ4v) is 2.45. The number of aliphatic hydroxyl groups excluding tert-OH is 1. The van der Waals surface area contributed by atoms with Crippen LogP contribution in [0.3, 0.4) is 0 Å². The van der Waals surface area contributed by atoms with Crippen molar-refractivity contribution in [3.8, 4) is 34.1 Å². The van der Waals surface area contributed by atoms with Gasteiger partial charge in [0.25, 0.3) is 0 Å². The van der Waals surface area contributed by atoms with E-state index in [1.165, 1.54) is 11.1 Å². The first kappa shape index (κ1) is 14.1. The highest BCUT2D eigenvalue weighted by molar-refractivity contribution is 5.74. The van der Waals surface area contributed by atoms with E-state index in [1.807, 2.05) is 36.4 Å². The van der Waals surface area contributed by atoms with E-state index in [0.29, 0.717) is 0 Å². The summed E-state index contributed by atoms with van der Waals surface area (Å²) in [6.07, 6.45) is 0. The normalized spacial score (nSPS) is 9.86. The molecule has 3 aromatic rings. The van der Waals surface area contributed by atoms with Crippen LogP contribution in [0, 0.1) is 11.8 Å². The summed E-state index contributed by atoms with van der Waals surface area (Å²) in [6.45, 7) is -0.124. The lowest BCUT2D eigenvalue weighted by Gasteiger charge is -2.07. The van der Waals surface area contributed by atoms with Crippen molar-refractivity contribution in [2.45, 2.75) is 0 Å². The highest BCUT2D eigenvalue weighted by Crippen LogP contribution is 2.26. The van der Waals surface area contributed by atoms with Gasteiger partial charge in [0.05, 0.1) is 0 Å². The zero-order valence-electron chi connectivity index (χ0n) is 12.2. The number of hydrogen-bond donors (Lipinski definition) is 1. The lowest BCUT2D eigenvalue weighted by molar-refractivity contribution is 0.350. The summed E-state index contributed by atoms with van der Waals surface area (Å²) in [4.78, 5) is 0. The van der Waals surface area contributed by atoms with Gasteiger partial charge in [0, 0.05) is 5.56 Å². The summed E-state index contributed by atoms with van der Waals surface area (Å²) in [6, 6.07) is 26.8. The molecule has 22 heavy (non-hydrogen) atoms. The van der Waals surface area contributed by atoms with E-state index >= 15 is 0 Å². The van der Waals surface area contributed by atoms with Gasteiger partial charge in [-0.15, -0.1) is 0 Å². The average Bonchev–Trinajstić information content (AvgIpc) is 2.61. The molecule has 0 aliphatic carbocycles. The maximum absolute atomic E-state index is 8.88. The molecular weight excluding hydrogens is 268 g/mol. The molecule has 0 saturated carbocycles. The largest absolute Gasteiger partial charge is 0.384 e. The smallest absolute Gasteiger partial charge is 0.104 e. The zero-order chi connectivity index (χ0) is 15.2. The molecule has 0 aliphatic rings. The van der Waals surface area contributed by atoms with Crippen LogP contribution in [0.1, 0.15) is 5.56 Å². The first-order chi connectivity index (χ1) is 10.9. The van der Waals surface area contributed by atoms with Crippen LogP contribution < -0.4 is 0 Å². The molecule has 0 atom stereocenters. The molecule has 0 spiro atoms. The highest BCUT2D eigenvalue weighted by Gasteiger charge is 2.03. The zero-order valence-corrected chi connectivity index (χ0v) is 12.2. The monoisotopic (exact) mass is 284 g/mol. The second-order valence-electron chi connectivity index (χ2n) is 4.95. The van der Waals surface area contributed by atoms with Crippen molar-refractivity contribution in [1.82, 2.24) is 0 Å². The number of hydrogen-bond acceptors (Lipinski definition) is 1. The maximum atomic E-state index is 8.88. The van der Waals surface area contributed by atoms with Crippen LogP contribution in [0.15, 0.2) is 78.9 Å². The highest BCUT2D eigenvalue weighted by atomic mass is 16.2. The molecule has 0 aliphatic heterocycles.